The maximum Gasteiger partial charge on any atom is 0.259 e. The maximum absolute atomic E-state index is 12.8. The lowest BCUT2D eigenvalue weighted by Crippen LogP contribution is -2.29. The predicted octanol–water partition coefficient (Wildman–Crippen LogP) is 3.47. The Morgan fingerprint density at radius 1 is 1.29 bits per heavy atom. The van der Waals surface area contributed by atoms with Crippen molar-refractivity contribution in [2.75, 3.05) is 17.6 Å². The molecule has 0 saturated heterocycles. The molecular formula is C19H18N6OS2. The number of aromatic nitrogens is 3. The molecule has 4 heterocycles. The van der Waals surface area contributed by atoms with Crippen LogP contribution in [0.25, 0.3) is 11.0 Å². The highest BCUT2D eigenvalue weighted by Crippen LogP contribution is 2.30. The Hall–Kier alpha value is -2.75. The van der Waals surface area contributed by atoms with Crippen LogP contribution in [0.3, 0.4) is 0 Å². The normalized spacial score (nSPS) is 14.3. The SMILES string of the molecule is Nc1nc2c(C(=O)Nc3nc4c(s3)CN(Cc3cccs3)CC4)cccc2[nH]1. The first-order chi connectivity index (χ1) is 13.7. The number of hydrogen-bond donors (Lipinski definition) is 3. The van der Waals surface area contributed by atoms with Gasteiger partial charge >= 0.3 is 0 Å². The summed E-state index contributed by atoms with van der Waals surface area (Å²) in [5, 5.41) is 5.68. The number of anilines is 2. The van der Waals surface area contributed by atoms with Gasteiger partial charge in [-0.05, 0) is 23.6 Å². The van der Waals surface area contributed by atoms with Crippen LogP contribution >= 0.6 is 22.7 Å². The zero-order chi connectivity index (χ0) is 19.1. The Bertz CT molecular complexity index is 1150. The molecule has 5 rings (SSSR count). The van der Waals surface area contributed by atoms with Crippen molar-refractivity contribution in [1.29, 1.82) is 0 Å². The van der Waals surface area contributed by atoms with Gasteiger partial charge in [0, 0.05) is 35.8 Å². The molecule has 0 fully saturated rings. The highest BCUT2D eigenvalue weighted by Gasteiger charge is 2.22. The Morgan fingerprint density at radius 2 is 2.21 bits per heavy atom. The van der Waals surface area contributed by atoms with Crippen LogP contribution in [-0.2, 0) is 19.5 Å². The number of carbonyl (C=O) groups excluding carboxylic acids is 1. The average Bonchev–Trinajstić information content (AvgIpc) is 3.39. The lowest BCUT2D eigenvalue weighted by atomic mass is 10.1. The first-order valence-electron chi connectivity index (χ1n) is 8.94. The van der Waals surface area contributed by atoms with Crippen LogP contribution < -0.4 is 11.1 Å². The first kappa shape index (κ1) is 17.4. The molecule has 7 nitrogen and oxygen atoms in total. The first-order valence-corrected chi connectivity index (χ1v) is 10.6. The molecule has 3 aromatic heterocycles. The largest absolute Gasteiger partial charge is 0.369 e. The average molecular weight is 411 g/mol. The van der Waals surface area contributed by atoms with Gasteiger partial charge in [-0.3, -0.25) is 15.0 Å². The molecule has 4 N–H and O–H groups in total. The van der Waals surface area contributed by atoms with Crippen LogP contribution in [0.4, 0.5) is 11.1 Å². The minimum absolute atomic E-state index is 0.223. The topological polar surface area (TPSA) is 99.9 Å². The van der Waals surface area contributed by atoms with Gasteiger partial charge < -0.3 is 10.7 Å². The van der Waals surface area contributed by atoms with Crippen LogP contribution in [-0.4, -0.2) is 32.3 Å². The molecule has 0 aliphatic carbocycles. The fourth-order valence-corrected chi connectivity index (χ4v) is 5.25. The van der Waals surface area contributed by atoms with Crippen molar-refractivity contribution in [2.45, 2.75) is 19.5 Å². The number of imidazole rings is 1. The lowest BCUT2D eigenvalue weighted by Gasteiger charge is -2.25. The molecule has 1 aromatic carbocycles. The van der Waals surface area contributed by atoms with Crippen molar-refractivity contribution in [1.82, 2.24) is 19.9 Å². The molecule has 0 radical (unpaired) electrons. The van der Waals surface area contributed by atoms with E-state index in [1.807, 2.05) is 12.1 Å². The maximum atomic E-state index is 12.8. The second-order valence-electron chi connectivity index (χ2n) is 6.71. The molecule has 0 unspecified atom stereocenters. The molecule has 9 heteroatoms. The number of nitrogen functional groups attached to an aromatic ring is 1. The monoisotopic (exact) mass is 410 g/mol. The third-order valence-corrected chi connectivity index (χ3v) is 6.62. The molecule has 0 bridgehead atoms. The number of carbonyl (C=O) groups is 1. The van der Waals surface area contributed by atoms with Gasteiger partial charge in [0.15, 0.2) is 11.1 Å². The van der Waals surface area contributed by atoms with Crippen LogP contribution in [0, 0.1) is 0 Å². The molecule has 28 heavy (non-hydrogen) atoms. The second-order valence-corrected chi connectivity index (χ2v) is 8.82. The number of nitrogens with zero attached hydrogens (tertiary/aromatic N) is 3. The summed E-state index contributed by atoms with van der Waals surface area (Å²) in [5.74, 6) is 0.0735. The van der Waals surface area contributed by atoms with Gasteiger partial charge in [-0.1, -0.05) is 12.1 Å². The van der Waals surface area contributed by atoms with Gasteiger partial charge in [0.1, 0.15) is 5.52 Å². The minimum Gasteiger partial charge on any atom is -0.369 e. The highest BCUT2D eigenvalue weighted by molar-refractivity contribution is 7.15. The van der Waals surface area contributed by atoms with Crippen LogP contribution in [0.1, 0.15) is 25.8 Å². The van der Waals surface area contributed by atoms with E-state index in [9.17, 15) is 4.79 Å². The van der Waals surface area contributed by atoms with Crippen molar-refractivity contribution in [3.05, 3.63) is 56.7 Å². The summed E-state index contributed by atoms with van der Waals surface area (Å²) in [6.45, 7) is 2.80. The molecule has 0 spiro atoms. The molecule has 142 valence electrons. The molecular weight excluding hydrogens is 392 g/mol. The van der Waals surface area contributed by atoms with E-state index in [1.54, 1.807) is 28.7 Å². The third kappa shape index (κ3) is 3.28. The quantitative estimate of drug-likeness (QED) is 0.478. The predicted molar refractivity (Wildman–Crippen MR) is 113 cm³/mol. The van der Waals surface area contributed by atoms with Gasteiger partial charge in [-0.2, -0.15) is 0 Å². The number of thiophene rings is 1. The summed E-state index contributed by atoms with van der Waals surface area (Å²) in [4.78, 5) is 29.6. The Balaban J connectivity index is 1.33. The Morgan fingerprint density at radius 3 is 3.07 bits per heavy atom. The number of H-pyrrole nitrogens is 1. The molecule has 4 aromatic rings. The summed E-state index contributed by atoms with van der Waals surface area (Å²) in [6, 6.07) is 9.66. The number of para-hydroxylation sites is 1. The summed E-state index contributed by atoms with van der Waals surface area (Å²) >= 11 is 3.33. The fraction of sp³-hybridized carbons (Fsp3) is 0.211. The van der Waals surface area contributed by atoms with E-state index in [-0.39, 0.29) is 5.91 Å². The number of thiazole rings is 1. The standard InChI is InChI=1S/C19H18N6OS2/c20-18-21-14-5-1-4-12(16(14)23-18)17(26)24-19-22-13-6-7-25(10-15(13)28-19)9-11-3-2-8-27-11/h1-5,8H,6-7,9-10H2,(H3,20,21,23)(H,22,24,26). The van der Waals surface area contributed by atoms with Crippen molar-refractivity contribution in [3.63, 3.8) is 0 Å². The van der Waals surface area contributed by atoms with E-state index in [2.05, 4.69) is 42.7 Å². The number of fused-ring (bicyclic) bond motifs is 2. The highest BCUT2D eigenvalue weighted by atomic mass is 32.1. The summed E-state index contributed by atoms with van der Waals surface area (Å²) in [6.07, 6.45) is 0.901. The minimum atomic E-state index is -0.223. The molecule has 1 aliphatic heterocycles. The molecule has 0 saturated carbocycles. The van der Waals surface area contributed by atoms with Crippen LogP contribution in [0.2, 0.25) is 0 Å². The van der Waals surface area contributed by atoms with Gasteiger partial charge in [-0.25, -0.2) is 9.97 Å². The van der Waals surface area contributed by atoms with E-state index < -0.39 is 0 Å². The zero-order valence-electron chi connectivity index (χ0n) is 14.9. The molecule has 1 amide bonds. The van der Waals surface area contributed by atoms with Gasteiger partial charge in [0.2, 0.25) is 0 Å². The summed E-state index contributed by atoms with van der Waals surface area (Å²) in [5.41, 5.74) is 8.61. The molecule has 0 atom stereocenters. The van der Waals surface area contributed by atoms with E-state index >= 15 is 0 Å². The number of nitrogens with two attached hydrogens (primary N) is 1. The van der Waals surface area contributed by atoms with Crippen molar-refractivity contribution in [3.8, 4) is 0 Å². The van der Waals surface area contributed by atoms with E-state index in [1.165, 1.54) is 9.75 Å². The zero-order valence-corrected chi connectivity index (χ0v) is 16.6. The smallest absolute Gasteiger partial charge is 0.259 e. The Labute approximate surface area is 169 Å². The van der Waals surface area contributed by atoms with E-state index in [4.69, 9.17) is 5.73 Å². The van der Waals surface area contributed by atoms with Gasteiger partial charge in [0.25, 0.3) is 5.91 Å². The van der Waals surface area contributed by atoms with E-state index in [0.29, 0.717) is 22.2 Å². The fourth-order valence-electron chi connectivity index (χ4n) is 3.46. The van der Waals surface area contributed by atoms with Crippen molar-refractivity contribution < 1.29 is 4.79 Å². The van der Waals surface area contributed by atoms with Crippen LogP contribution in [0.15, 0.2) is 35.7 Å². The number of amides is 1. The second kappa shape index (κ2) is 7.01. The number of aromatic amines is 1. The number of benzene rings is 1. The summed E-state index contributed by atoms with van der Waals surface area (Å²) < 4.78 is 0. The van der Waals surface area contributed by atoms with E-state index in [0.717, 1.165) is 37.3 Å². The van der Waals surface area contributed by atoms with Gasteiger partial charge in [0.05, 0.1) is 16.8 Å². The molecule has 1 aliphatic rings. The van der Waals surface area contributed by atoms with Gasteiger partial charge in [-0.15, -0.1) is 22.7 Å². The number of rotatable bonds is 4. The third-order valence-electron chi connectivity index (χ3n) is 4.77. The van der Waals surface area contributed by atoms with Crippen molar-refractivity contribution >= 4 is 50.7 Å². The Kier molecular flexibility index (Phi) is 4.34. The van der Waals surface area contributed by atoms with Crippen LogP contribution in [0.5, 0.6) is 0 Å². The van der Waals surface area contributed by atoms with Crippen molar-refractivity contribution in [2.24, 2.45) is 0 Å². The number of hydrogen-bond acceptors (Lipinski definition) is 7. The lowest BCUT2D eigenvalue weighted by molar-refractivity contribution is 0.102. The summed E-state index contributed by atoms with van der Waals surface area (Å²) in [7, 11) is 0. The number of nitrogens with one attached hydrogen (secondary N) is 2.